The van der Waals surface area contributed by atoms with E-state index in [1.807, 2.05) is 0 Å². The molecular weight excluding hydrogens is 289 g/mol. The van der Waals surface area contributed by atoms with Gasteiger partial charge in [-0.25, -0.2) is 19.0 Å². The predicted octanol–water partition coefficient (Wildman–Crippen LogP) is 1.72. The Bertz CT molecular complexity index is 654. The lowest BCUT2D eigenvalue weighted by molar-refractivity contribution is 0.312. The van der Waals surface area contributed by atoms with Gasteiger partial charge >= 0.3 is 6.01 Å². The number of hydrazine groups is 1. The van der Waals surface area contributed by atoms with Crippen LogP contribution in [0, 0.1) is 17.5 Å². The number of benzene rings is 1. The van der Waals surface area contributed by atoms with Crippen LogP contribution in [0.1, 0.15) is 6.92 Å². The third-order valence-corrected chi connectivity index (χ3v) is 2.27. The lowest BCUT2D eigenvalue weighted by Gasteiger charge is -2.09. The minimum atomic E-state index is -1.30. The molecule has 2 aromatic rings. The van der Waals surface area contributed by atoms with Gasteiger partial charge in [0.2, 0.25) is 11.9 Å². The van der Waals surface area contributed by atoms with Crippen molar-refractivity contribution in [2.45, 2.75) is 6.92 Å². The lowest BCUT2D eigenvalue weighted by Crippen LogP contribution is -2.14. The molecule has 0 saturated heterocycles. The van der Waals surface area contributed by atoms with Crippen molar-refractivity contribution >= 4 is 17.6 Å². The molecule has 2 rings (SSSR count). The molecule has 0 aliphatic carbocycles. The van der Waals surface area contributed by atoms with Gasteiger partial charge in [-0.2, -0.15) is 15.0 Å². The molecule has 0 radical (unpaired) electrons. The quantitative estimate of drug-likeness (QED) is 0.439. The van der Waals surface area contributed by atoms with E-state index in [0.717, 1.165) is 0 Å². The van der Waals surface area contributed by atoms with E-state index < -0.39 is 17.5 Å². The summed E-state index contributed by atoms with van der Waals surface area (Å²) in [7, 11) is 0. The fourth-order valence-corrected chi connectivity index (χ4v) is 1.41. The Morgan fingerprint density at radius 1 is 1.05 bits per heavy atom. The molecule has 10 heteroatoms. The van der Waals surface area contributed by atoms with Gasteiger partial charge in [-0.05, 0) is 6.92 Å². The summed E-state index contributed by atoms with van der Waals surface area (Å²) in [5.74, 6) is 1.48. The number of nitrogens with one attached hydrogen (secondary N) is 2. The third kappa shape index (κ3) is 3.48. The number of nitrogens with two attached hydrogens (primary N) is 1. The molecule has 0 fully saturated rings. The van der Waals surface area contributed by atoms with Crippen molar-refractivity contribution < 1.29 is 17.9 Å². The van der Waals surface area contributed by atoms with Crippen LogP contribution in [0.3, 0.4) is 0 Å². The van der Waals surface area contributed by atoms with Gasteiger partial charge in [0.15, 0.2) is 11.6 Å². The van der Waals surface area contributed by atoms with E-state index in [1.54, 1.807) is 6.92 Å². The van der Waals surface area contributed by atoms with Gasteiger partial charge in [0.25, 0.3) is 0 Å². The fourth-order valence-electron chi connectivity index (χ4n) is 1.41. The molecular formula is C11H11F3N6O. The van der Waals surface area contributed by atoms with Crippen LogP contribution in [0.15, 0.2) is 12.1 Å². The molecule has 0 aliphatic heterocycles. The van der Waals surface area contributed by atoms with Crippen LogP contribution >= 0.6 is 0 Å². The summed E-state index contributed by atoms with van der Waals surface area (Å²) < 4.78 is 44.6. The van der Waals surface area contributed by atoms with Crippen molar-refractivity contribution in [1.82, 2.24) is 15.0 Å². The van der Waals surface area contributed by atoms with Crippen molar-refractivity contribution in [3.63, 3.8) is 0 Å². The van der Waals surface area contributed by atoms with E-state index >= 15 is 0 Å². The van der Waals surface area contributed by atoms with E-state index in [9.17, 15) is 13.2 Å². The summed E-state index contributed by atoms with van der Waals surface area (Å²) in [4.78, 5) is 11.4. The summed E-state index contributed by atoms with van der Waals surface area (Å²) in [5.41, 5.74) is 1.83. The van der Waals surface area contributed by atoms with Gasteiger partial charge in [0.05, 0.1) is 12.3 Å². The molecule has 1 aromatic carbocycles. The minimum absolute atomic E-state index is 0.0426. The molecule has 4 N–H and O–H groups in total. The van der Waals surface area contributed by atoms with Crippen LogP contribution in [0.25, 0.3) is 0 Å². The number of nitrogen functional groups attached to an aromatic ring is 1. The number of hydrogen-bond acceptors (Lipinski definition) is 7. The SMILES string of the molecule is CCOc1nc(NN)nc(Nc2cc(F)c(F)cc2F)n1. The second kappa shape index (κ2) is 6.22. The maximum absolute atomic E-state index is 13.5. The number of hydrogen-bond donors (Lipinski definition) is 3. The zero-order valence-corrected chi connectivity index (χ0v) is 10.8. The maximum Gasteiger partial charge on any atom is 0.323 e. The largest absolute Gasteiger partial charge is 0.464 e. The Kier molecular flexibility index (Phi) is 4.38. The van der Waals surface area contributed by atoms with E-state index in [0.29, 0.717) is 12.1 Å². The van der Waals surface area contributed by atoms with Gasteiger partial charge in [0.1, 0.15) is 5.82 Å². The minimum Gasteiger partial charge on any atom is -0.464 e. The average Bonchev–Trinajstić information content (AvgIpc) is 2.45. The number of halogens is 3. The topological polar surface area (TPSA) is 98.0 Å². The summed E-state index contributed by atoms with van der Waals surface area (Å²) >= 11 is 0. The van der Waals surface area contributed by atoms with Crippen molar-refractivity contribution in [2.24, 2.45) is 5.84 Å². The van der Waals surface area contributed by atoms with Gasteiger partial charge in [0, 0.05) is 12.1 Å². The Labute approximate surface area is 117 Å². The zero-order valence-electron chi connectivity index (χ0n) is 10.8. The zero-order chi connectivity index (χ0) is 15.4. The molecule has 21 heavy (non-hydrogen) atoms. The Morgan fingerprint density at radius 3 is 2.38 bits per heavy atom. The smallest absolute Gasteiger partial charge is 0.323 e. The third-order valence-electron chi connectivity index (χ3n) is 2.27. The van der Waals surface area contributed by atoms with Gasteiger partial charge in [-0.15, -0.1) is 0 Å². The van der Waals surface area contributed by atoms with Crippen LogP contribution in [-0.2, 0) is 0 Å². The van der Waals surface area contributed by atoms with Gasteiger partial charge in [-0.1, -0.05) is 0 Å². The summed E-state index contributed by atoms with van der Waals surface area (Å²) in [5, 5.41) is 2.39. The summed E-state index contributed by atoms with van der Waals surface area (Å²) in [6.07, 6.45) is 0. The first-order chi connectivity index (χ1) is 10.0. The molecule has 0 atom stereocenters. The molecule has 0 unspecified atom stereocenters. The Balaban J connectivity index is 2.34. The van der Waals surface area contributed by atoms with Crippen LogP contribution in [-0.4, -0.2) is 21.6 Å². The van der Waals surface area contributed by atoms with Crippen LogP contribution in [0.2, 0.25) is 0 Å². The average molecular weight is 300 g/mol. The van der Waals surface area contributed by atoms with Crippen LogP contribution in [0.5, 0.6) is 6.01 Å². The highest BCUT2D eigenvalue weighted by Gasteiger charge is 2.13. The van der Waals surface area contributed by atoms with E-state index in [1.165, 1.54) is 0 Å². The first-order valence-electron chi connectivity index (χ1n) is 5.80. The second-order valence-electron chi connectivity index (χ2n) is 3.71. The predicted molar refractivity (Wildman–Crippen MR) is 68.4 cm³/mol. The summed E-state index contributed by atoms with van der Waals surface area (Å²) in [6, 6.07) is 0.986. The van der Waals surface area contributed by atoms with Crippen LogP contribution in [0.4, 0.5) is 30.8 Å². The van der Waals surface area contributed by atoms with E-state index in [-0.39, 0.29) is 30.2 Å². The number of rotatable bonds is 5. The highest BCUT2D eigenvalue weighted by molar-refractivity contribution is 5.55. The van der Waals surface area contributed by atoms with E-state index in [2.05, 4.69) is 25.7 Å². The summed E-state index contributed by atoms with van der Waals surface area (Å²) in [6.45, 7) is 1.99. The normalized spacial score (nSPS) is 10.3. The lowest BCUT2D eigenvalue weighted by atomic mass is 10.3. The van der Waals surface area contributed by atoms with Crippen molar-refractivity contribution in [3.05, 3.63) is 29.6 Å². The van der Waals surface area contributed by atoms with Gasteiger partial charge in [-0.3, -0.25) is 5.43 Å². The molecule has 0 saturated carbocycles. The number of aromatic nitrogens is 3. The first-order valence-corrected chi connectivity index (χ1v) is 5.80. The monoisotopic (exact) mass is 300 g/mol. The molecule has 0 amide bonds. The molecule has 1 heterocycles. The Morgan fingerprint density at radius 2 is 1.71 bits per heavy atom. The number of anilines is 3. The molecule has 7 nitrogen and oxygen atoms in total. The first kappa shape index (κ1) is 14.8. The number of ether oxygens (including phenoxy) is 1. The second-order valence-corrected chi connectivity index (χ2v) is 3.71. The standard InChI is InChI=1S/C11H11F3N6O/c1-2-21-11-18-9(17-10(19-11)20-15)16-8-4-6(13)5(12)3-7(8)14/h3-4H,2,15H2,1H3,(H2,16,17,18,19,20). The molecule has 1 aromatic heterocycles. The molecule has 0 spiro atoms. The molecule has 0 aliphatic rings. The van der Waals surface area contributed by atoms with Crippen molar-refractivity contribution in [3.8, 4) is 6.01 Å². The van der Waals surface area contributed by atoms with Crippen molar-refractivity contribution in [1.29, 1.82) is 0 Å². The van der Waals surface area contributed by atoms with Crippen LogP contribution < -0.4 is 21.3 Å². The highest BCUT2D eigenvalue weighted by atomic mass is 19.2. The fraction of sp³-hybridized carbons (Fsp3) is 0.182. The highest BCUT2D eigenvalue weighted by Crippen LogP contribution is 2.22. The van der Waals surface area contributed by atoms with Gasteiger partial charge < -0.3 is 10.1 Å². The molecule has 112 valence electrons. The Hall–Kier alpha value is -2.62. The van der Waals surface area contributed by atoms with Crippen molar-refractivity contribution in [2.75, 3.05) is 17.3 Å². The molecule has 0 bridgehead atoms. The number of nitrogens with zero attached hydrogens (tertiary/aromatic N) is 3. The maximum atomic E-state index is 13.5. The van der Waals surface area contributed by atoms with E-state index in [4.69, 9.17) is 10.6 Å².